The number of carbonyl (C=O) groups is 1. The first-order chi connectivity index (χ1) is 13.1. The summed E-state index contributed by atoms with van der Waals surface area (Å²) < 4.78 is 20.4. The highest BCUT2D eigenvalue weighted by Gasteiger charge is 2.26. The van der Waals surface area contributed by atoms with E-state index in [1.54, 1.807) is 0 Å². The van der Waals surface area contributed by atoms with Gasteiger partial charge in [0.2, 0.25) is 0 Å². The van der Waals surface area contributed by atoms with Gasteiger partial charge >= 0.3 is 6.09 Å². The molecule has 0 fully saturated rings. The van der Waals surface area contributed by atoms with Crippen LogP contribution < -0.4 is 5.32 Å². The third kappa shape index (κ3) is 3.89. The predicted octanol–water partition coefficient (Wildman–Crippen LogP) is 5.26. The lowest BCUT2D eigenvalue weighted by Crippen LogP contribution is -2.39. The molecule has 1 aromatic heterocycles. The molecule has 6 heteroatoms. The topological polar surface area (TPSA) is 77.9 Å². The van der Waals surface area contributed by atoms with Crippen molar-refractivity contribution in [3.8, 4) is 6.07 Å². The van der Waals surface area contributed by atoms with Gasteiger partial charge in [-0.05, 0) is 71.1 Å². The van der Waals surface area contributed by atoms with Crippen LogP contribution in [0.25, 0.3) is 16.5 Å². The maximum Gasteiger partial charge on any atom is 0.407 e. The third-order valence-electron chi connectivity index (χ3n) is 5.06. The Kier molecular flexibility index (Phi) is 5.20. The number of aryl methyl sites for hydroxylation is 2. The monoisotopic (exact) mass is 383 g/mol. The number of alkyl carbamates (subject to hydrolysis) is 1. The van der Waals surface area contributed by atoms with Crippen molar-refractivity contribution in [2.75, 3.05) is 0 Å². The molecule has 0 aliphatic heterocycles. The van der Waals surface area contributed by atoms with E-state index in [0.717, 1.165) is 35.1 Å². The number of nitrogens with one attached hydrogen (secondary N) is 2. The molecule has 2 aromatic rings. The first-order valence-electron chi connectivity index (χ1n) is 9.51. The highest BCUT2D eigenvalue weighted by molar-refractivity contribution is 5.98. The zero-order valence-corrected chi connectivity index (χ0v) is 17.0. The number of hydrogen-bond donors (Lipinski definition) is 2. The highest BCUT2D eigenvalue weighted by atomic mass is 19.1. The largest absolute Gasteiger partial charge is 0.444 e. The zero-order chi connectivity index (χ0) is 20.6. The minimum absolute atomic E-state index is 0.125. The second-order valence-corrected chi connectivity index (χ2v) is 8.37. The molecule has 148 valence electrons. The number of fused-ring (bicyclic) bond motifs is 1. The van der Waals surface area contributed by atoms with Crippen molar-refractivity contribution < 1.29 is 13.9 Å². The molecule has 1 amide bonds. The summed E-state index contributed by atoms with van der Waals surface area (Å²) in [7, 11) is 0. The Morgan fingerprint density at radius 1 is 1.39 bits per heavy atom. The number of benzene rings is 1. The maximum atomic E-state index is 15.0. The Labute approximate surface area is 164 Å². The SMILES string of the molecule is Cc1[nH]c2c(C#N)cc(F)c(C3=CCC[C@H](NC(=O)OC(C)(C)C)C3)c2c1C. The second kappa shape index (κ2) is 7.31. The van der Waals surface area contributed by atoms with E-state index in [1.165, 1.54) is 6.07 Å². The van der Waals surface area contributed by atoms with Crippen molar-refractivity contribution in [3.63, 3.8) is 0 Å². The number of rotatable bonds is 2. The molecule has 5 nitrogen and oxygen atoms in total. The number of halogens is 1. The van der Waals surface area contributed by atoms with Gasteiger partial charge in [-0.15, -0.1) is 0 Å². The fourth-order valence-corrected chi connectivity index (χ4v) is 3.74. The molecule has 1 aliphatic carbocycles. The molecule has 0 unspecified atom stereocenters. The summed E-state index contributed by atoms with van der Waals surface area (Å²) in [4.78, 5) is 15.3. The van der Waals surface area contributed by atoms with Gasteiger partial charge in [0.05, 0.1) is 11.1 Å². The quantitative estimate of drug-likeness (QED) is 0.743. The molecule has 2 N–H and O–H groups in total. The van der Waals surface area contributed by atoms with Gasteiger partial charge in [0.1, 0.15) is 17.5 Å². The third-order valence-corrected chi connectivity index (χ3v) is 5.06. The summed E-state index contributed by atoms with van der Waals surface area (Å²) in [6.07, 6.45) is 3.59. The molecule has 0 saturated heterocycles. The van der Waals surface area contributed by atoms with E-state index in [0.29, 0.717) is 23.1 Å². The molecule has 1 aliphatic rings. The standard InChI is InChI=1S/C22H26FN3O2/c1-12-13(2)25-20-15(11-24)10-17(23)19(18(12)20)14-7-6-8-16(9-14)26-21(27)28-22(3,4)5/h7,10,16,25H,6,8-9H2,1-5H3,(H,26,27)/t16-/m0/s1. The Hall–Kier alpha value is -2.81. The lowest BCUT2D eigenvalue weighted by Gasteiger charge is -2.27. The van der Waals surface area contributed by atoms with Crippen LogP contribution in [-0.4, -0.2) is 22.7 Å². The summed E-state index contributed by atoms with van der Waals surface area (Å²) in [5, 5.41) is 13.0. The zero-order valence-electron chi connectivity index (χ0n) is 17.0. The Morgan fingerprint density at radius 2 is 2.11 bits per heavy atom. The summed E-state index contributed by atoms with van der Waals surface area (Å²) >= 11 is 0. The van der Waals surface area contributed by atoms with E-state index in [4.69, 9.17) is 4.74 Å². The number of nitrogens with zero attached hydrogens (tertiary/aromatic N) is 1. The Bertz CT molecular complexity index is 1010. The van der Waals surface area contributed by atoms with Crippen LogP contribution in [0.5, 0.6) is 0 Å². The number of amides is 1. The minimum Gasteiger partial charge on any atom is -0.444 e. The van der Waals surface area contributed by atoms with Gasteiger partial charge in [0.25, 0.3) is 0 Å². The van der Waals surface area contributed by atoms with Gasteiger partial charge in [0, 0.05) is 22.7 Å². The van der Waals surface area contributed by atoms with Crippen LogP contribution in [0.15, 0.2) is 12.1 Å². The molecule has 1 aromatic carbocycles. The first-order valence-corrected chi connectivity index (χ1v) is 9.51. The van der Waals surface area contributed by atoms with Crippen LogP contribution in [0.2, 0.25) is 0 Å². The second-order valence-electron chi connectivity index (χ2n) is 8.37. The average molecular weight is 383 g/mol. The van der Waals surface area contributed by atoms with Crippen LogP contribution in [0.3, 0.4) is 0 Å². The van der Waals surface area contributed by atoms with E-state index in [9.17, 15) is 10.1 Å². The number of aromatic amines is 1. The maximum absolute atomic E-state index is 15.0. The molecular formula is C22H26FN3O2. The van der Waals surface area contributed by atoms with Crippen molar-refractivity contribution in [2.45, 2.75) is 65.5 Å². The number of hydrogen-bond acceptors (Lipinski definition) is 3. The molecule has 3 rings (SSSR count). The van der Waals surface area contributed by atoms with Gasteiger partial charge in [-0.2, -0.15) is 5.26 Å². The fourth-order valence-electron chi connectivity index (χ4n) is 3.74. The molecule has 0 saturated carbocycles. The summed E-state index contributed by atoms with van der Waals surface area (Å²) in [5.74, 6) is -0.407. The van der Waals surface area contributed by atoms with Crippen molar-refractivity contribution in [1.82, 2.24) is 10.3 Å². The smallest absolute Gasteiger partial charge is 0.407 e. The number of H-pyrrole nitrogens is 1. The van der Waals surface area contributed by atoms with Crippen LogP contribution in [0.4, 0.5) is 9.18 Å². The molecular weight excluding hydrogens is 357 g/mol. The van der Waals surface area contributed by atoms with E-state index >= 15 is 4.39 Å². The Morgan fingerprint density at radius 3 is 2.75 bits per heavy atom. The summed E-state index contributed by atoms with van der Waals surface area (Å²) in [6, 6.07) is 3.24. The van der Waals surface area contributed by atoms with Crippen molar-refractivity contribution >= 4 is 22.6 Å². The highest BCUT2D eigenvalue weighted by Crippen LogP contribution is 2.37. The number of nitriles is 1. The average Bonchev–Trinajstić information content (AvgIpc) is 2.88. The van der Waals surface area contributed by atoms with E-state index < -0.39 is 17.5 Å². The normalized spacial score (nSPS) is 17.2. The number of aromatic nitrogens is 1. The van der Waals surface area contributed by atoms with Gasteiger partial charge in [-0.1, -0.05) is 6.08 Å². The van der Waals surface area contributed by atoms with Crippen molar-refractivity contribution in [3.05, 3.63) is 40.3 Å². The summed E-state index contributed by atoms with van der Waals surface area (Å²) in [6.45, 7) is 9.30. The van der Waals surface area contributed by atoms with E-state index in [-0.39, 0.29) is 6.04 Å². The van der Waals surface area contributed by atoms with E-state index in [2.05, 4.69) is 16.4 Å². The van der Waals surface area contributed by atoms with Crippen LogP contribution in [-0.2, 0) is 4.74 Å². The molecule has 0 radical (unpaired) electrons. The summed E-state index contributed by atoms with van der Waals surface area (Å²) in [5.41, 5.74) is 3.61. The van der Waals surface area contributed by atoms with Crippen LogP contribution in [0.1, 0.15) is 62.4 Å². The number of allylic oxidation sites excluding steroid dienone is 1. The lowest BCUT2D eigenvalue weighted by molar-refractivity contribution is 0.0502. The van der Waals surface area contributed by atoms with Gasteiger partial charge < -0.3 is 15.0 Å². The van der Waals surface area contributed by atoms with Crippen molar-refractivity contribution in [2.24, 2.45) is 0 Å². The van der Waals surface area contributed by atoms with Gasteiger partial charge in [-0.25, -0.2) is 9.18 Å². The van der Waals surface area contributed by atoms with Gasteiger partial charge in [-0.3, -0.25) is 0 Å². The lowest BCUT2D eigenvalue weighted by atomic mass is 9.87. The van der Waals surface area contributed by atoms with Crippen LogP contribution >= 0.6 is 0 Å². The Balaban J connectivity index is 1.95. The number of carbonyl (C=O) groups excluding carboxylic acids is 1. The van der Waals surface area contributed by atoms with Crippen LogP contribution in [0, 0.1) is 31.0 Å². The predicted molar refractivity (Wildman–Crippen MR) is 107 cm³/mol. The number of ether oxygens (including phenoxy) is 1. The molecule has 1 heterocycles. The van der Waals surface area contributed by atoms with E-state index in [1.807, 2.05) is 40.7 Å². The molecule has 28 heavy (non-hydrogen) atoms. The molecule has 0 spiro atoms. The van der Waals surface area contributed by atoms with Gasteiger partial charge in [0.15, 0.2) is 0 Å². The fraction of sp³-hybridized carbons (Fsp3) is 0.455. The molecule has 1 atom stereocenters. The van der Waals surface area contributed by atoms with Crippen molar-refractivity contribution in [1.29, 1.82) is 5.26 Å². The minimum atomic E-state index is -0.567. The molecule has 0 bridgehead atoms. The first kappa shape index (κ1) is 19.9.